The Morgan fingerprint density at radius 1 is 1.09 bits per heavy atom. The topological polar surface area (TPSA) is 65.5 Å². The molecule has 3 N–H and O–H groups in total. The van der Waals surface area contributed by atoms with E-state index in [1.807, 2.05) is 38.1 Å². The molecule has 0 radical (unpaired) electrons. The molecule has 0 saturated carbocycles. The van der Waals surface area contributed by atoms with Crippen LogP contribution in [0.5, 0.6) is 0 Å². The number of amides is 1. The van der Waals surface area contributed by atoms with Gasteiger partial charge in [-0.05, 0) is 24.1 Å². The average molecular weight is 453 g/mol. The fraction of sp³-hybridized carbons (Fsp3) is 0.500. The molecular weight excluding hydrogens is 427 g/mol. The number of carbonyl (C=O) groups excluding carboxylic acids is 1. The molecule has 0 spiro atoms. The maximum Gasteiger partial charge on any atom is 0.222 e. The molecule has 0 fully saturated rings. The van der Waals surface area contributed by atoms with Crippen molar-refractivity contribution in [2.75, 3.05) is 26.7 Å². The summed E-state index contributed by atoms with van der Waals surface area (Å²) >= 11 is 5.86. The lowest BCUT2D eigenvalue weighted by molar-refractivity contribution is -0.123. The highest BCUT2D eigenvalue weighted by Gasteiger charge is 2.05. The van der Waals surface area contributed by atoms with Crippen molar-refractivity contribution in [2.45, 2.75) is 20.3 Å². The molecule has 0 saturated heterocycles. The first-order valence-electron chi connectivity index (χ1n) is 7.49. The summed E-state index contributed by atoms with van der Waals surface area (Å²) in [6.07, 6.45) is 0.891. The number of nitrogens with zero attached hydrogens (tertiary/aromatic N) is 1. The Morgan fingerprint density at radius 3 is 2.22 bits per heavy atom. The van der Waals surface area contributed by atoms with E-state index in [9.17, 15) is 4.79 Å². The van der Waals surface area contributed by atoms with Crippen molar-refractivity contribution in [3.63, 3.8) is 0 Å². The minimum absolute atomic E-state index is 0. The van der Waals surface area contributed by atoms with Gasteiger partial charge in [0.2, 0.25) is 5.91 Å². The van der Waals surface area contributed by atoms with Gasteiger partial charge in [0.1, 0.15) is 0 Å². The quantitative estimate of drug-likeness (QED) is 0.258. The summed E-state index contributed by atoms with van der Waals surface area (Å²) in [5, 5.41) is 10.00. The highest BCUT2D eigenvalue weighted by atomic mass is 127. The van der Waals surface area contributed by atoms with Gasteiger partial charge < -0.3 is 16.0 Å². The highest BCUT2D eigenvalue weighted by molar-refractivity contribution is 14.0. The van der Waals surface area contributed by atoms with Crippen LogP contribution >= 0.6 is 35.6 Å². The maximum absolute atomic E-state index is 11.4. The molecule has 130 valence electrons. The van der Waals surface area contributed by atoms with E-state index >= 15 is 0 Å². The van der Waals surface area contributed by atoms with Gasteiger partial charge in [-0.3, -0.25) is 9.79 Å². The van der Waals surface area contributed by atoms with Crippen LogP contribution in [0, 0.1) is 5.92 Å². The summed E-state index contributed by atoms with van der Waals surface area (Å²) in [5.41, 5.74) is 1.22. The number of carbonyl (C=O) groups is 1. The number of hydrogen-bond donors (Lipinski definition) is 3. The molecule has 1 aromatic rings. The first-order chi connectivity index (χ1) is 10.5. The number of aliphatic imine (C=N–C) groups is 1. The van der Waals surface area contributed by atoms with Crippen molar-refractivity contribution in [1.29, 1.82) is 0 Å². The van der Waals surface area contributed by atoms with Crippen LogP contribution in [0.1, 0.15) is 19.4 Å². The number of benzene rings is 1. The highest BCUT2D eigenvalue weighted by Crippen LogP contribution is 2.09. The van der Waals surface area contributed by atoms with E-state index in [1.54, 1.807) is 7.05 Å². The number of hydrogen-bond acceptors (Lipinski definition) is 2. The van der Waals surface area contributed by atoms with Crippen LogP contribution in [0.3, 0.4) is 0 Å². The average Bonchev–Trinajstić information content (AvgIpc) is 2.51. The summed E-state index contributed by atoms with van der Waals surface area (Å²) in [7, 11) is 1.73. The normalized spacial score (nSPS) is 10.9. The molecule has 0 unspecified atom stereocenters. The fourth-order valence-corrected chi connectivity index (χ4v) is 1.89. The Bertz CT molecular complexity index is 491. The predicted octanol–water partition coefficient (Wildman–Crippen LogP) is 2.44. The minimum atomic E-state index is 0. The molecule has 0 aromatic heterocycles. The SMILES string of the molecule is CN=C(NCCNC(=O)C(C)C)NCCc1ccc(Cl)cc1.I. The zero-order valence-electron chi connectivity index (χ0n) is 13.9. The van der Waals surface area contributed by atoms with Crippen molar-refractivity contribution >= 4 is 47.4 Å². The van der Waals surface area contributed by atoms with Crippen LogP contribution in [-0.4, -0.2) is 38.5 Å². The van der Waals surface area contributed by atoms with Crippen molar-refractivity contribution in [1.82, 2.24) is 16.0 Å². The number of guanidine groups is 1. The zero-order chi connectivity index (χ0) is 16.4. The van der Waals surface area contributed by atoms with Crippen molar-refractivity contribution < 1.29 is 4.79 Å². The van der Waals surface area contributed by atoms with Gasteiger partial charge in [-0.15, -0.1) is 24.0 Å². The van der Waals surface area contributed by atoms with Crippen molar-refractivity contribution in [3.05, 3.63) is 34.9 Å². The number of rotatable bonds is 7. The van der Waals surface area contributed by atoms with Gasteiger partial charge >= 0.3 is 0 Å². The van der Waals surface area contributed by atoms with Gasteiger partial charge in [0.05, 0.1) is 0 Å². The molecule has 0 atom stereocenters. The summed E-state index contributed by atoms with van der Waals surface area (Å²) in [6, 6.07) is 7.81. The molecular formula is C16H26ClIN4O. The van der Waals surface area contributed by atoms with Crippen LogP contribution < -0.4 is 16.0 Å². The maximum atomic E-state index is 11.4. The Hall–Kier alpha value is -1.02. The third kappa shape index (κ3) is 9.65. The summed E-state index contributed by atoms with van der Waals surface area (Å²) in [6.45, 7) is 5.74. The van der Waals surface area contributed by atoms with Gasteiger partial charge in [0.25, 0.3) is 0 Å². The fourth-order valence-electron chi connectivity index (χ4n) is 1.77. The lowest BCUT2D eigenvalue weighted by Crippen LogP contribution is -2.42. The minimum Gasteiger partial charge on any atom is -0.356 e. The molecule has 7 heteroatoms. The molecule has 1 rings (SSSR count). The van der Waals surface area contributed by atoms with Crippen LogP contribution in [0.4, 0.5) is 0 Å². The molecule has 1 amide bonds. The molecule has 1 aromatic carbocycles. The smallest absolute Gasteiger partial charge is 0.222 e. The van der Waals surface area contributed by atoms with E-state index in [4.69, 9.17) is 11.6 Å². The lowest BCUT2D eigenvalue weighted by Gasteiger charge is -2.13. The zero-order valence-corrected chi connectivity index (χ0v) is 16.9. The second-order valence-corrected chi connectivity index (χ2v) is 5.68. The molecule has 0 bridgehead atoms. The van der Waals surface area contributed by atoms with Gasteiger partial charge in [0, 0.05) is 37.6 Å². The number of halogens is 2. The third-order valence-corrected chi connectivity index (χ3v) is 3.34. The standard InChI is InChI=1S/C16H25ClN4O.HI/c1-12(2)15(22)19-10-11-21-16(18-3)20-9-8-13-4-6-14(17)7-5-13;/h4-7,12H,8-11H2,1-3H3,(H,19,22)(H2,18,20,21);1H. The monoisotopic (exact) mass is 452 g/mol. The predicted molar refractivity (Wildman–Crippen MR) is 108 cm³/mol. The van der Waals surface area contributed by atoms with Gasteiger partial charge in [0.15, 0.2) is 5.96 Å². The Kier molecular flexibility index (Phi) is 11.9. The summed E-state index contributed by atoms with van der Waals surface area (Å²) < 4.78 is 0. The lowest BCUT2D eigenvalue weighted by atomic mass is 10.1. The summed E-state index contributed by atoms with van der Waals surface area (Å²) in [4.78, 5) is 15.6. The van der Waals surface area contributed by atoms with E-state index in [0.29, 0.717) is 13.1 Å². The molecule has 0 aliphatic rings. The second-order valence-electron chi connectivity index (χ2n) is 5.25. The molecule has 0 aliphatic heterocycles. The van der Waals surface area contributed by atoms with E-state index in [-0.39, 0.29) is 35.8 Å². The molecule has 0 heterocycles. The second kappa shape index (κ2) is 12.4. The molecule has 5 nitrogen and oxygen atoms in total. The molecule has 23 heavy (non-hydrogen) atoms. The number of nitrogens with one attached hydrogen (secondary N) is 3. The Labute approximate surface area is 160 Å². The van der Waals surface area contributed by atoms with Crippen molar-refractivity contribution in [2.24, 2.45) is 10.9 Å². The van der Waals surface area contributed by atoms with Crippen LogP contribution in [-0.2, 0) is 11.2 Å². The first-order valence-corrected chi connectivity index (χ1v) is 7.87. The van der Waals surface area contributed by atoms with Crippen LogP contribution in [0.25, 0.3) is 0 Å². The first kappa shape index (κ1) is 22.0. The van der Waals surface area contributed by atoms with E-state index in [1.165, 1.54) is 5.56 Å². The molecule has 0 aliphatic carbocycles. The van der Waals surface area contributed by atoms with E-state index in [2.05, 4.69) is 20.9 Å². The Morgan fingerprint density at radius 2 is 1.65 bits per heavy atom. The van der Waals surface area contributed by atoms with Gasteiger partial charge in [-0.2, -0.15) is 0 Å². The van der Waals surface area contributed by atoms with Gasteiger partial charge in [-0.25, -0.2) is 0 Å². The van der Waals surface area contributed by atoms with Gasteiger partial charge in [-0.1, -0.05) is 37.6 Å². The summed E-state index contributed by atoms with van der Waals surface area (Å²) in [5.74, 6) is 0.803. The largest absolute Gasteiger partial charge is 0.356 e. The van der Waals surface area contributed by atoms with Crippen LogP contribution in [0.2, 0.25) is 5.02 Å². The van der Waals surface area contributed by atoms with Crippen molar-refractivity contribution in [3.8, 4) is 0 Å². The van der Waals surface area contributed by atoms with E-state index < -0.39 is 0 Å². The Balaban J connectivity index is 0.00000484. The van der Waals surface area contributed by atoms with E-state index in [0.717, 1.165) is 23.9 Å². The third-order valence-electron chi connectivity index (χ3n) is 3.08. The van der Waals surface area contributed by atoms with Crippen LogP contribution in [0.15, 0.2) is 29.3 Å².